The number of nitriles is 1. The Kier molecular flexibility index (Phi) is 8.42. The summed E-state index contributed by atoms with van der Waals surface area (Å²) in [6.07, 6.45) is 13.3. The topological polar surface area (TPSA) is 157 Å². The minimum absolute atomic E-state index is 0.105. The predicted octanol–water partition coefficient (Wildman–Crippen LogP) is 5.16. The second-order valence-corrected chi connectivity index (χ2v) is 16.2. The van der Waals surface area contributed by atoms with Gasteiger partial charge in [-0.1, -0.05) is 17.4 Å². The quantitative estimate of drug-likeness (QED) is 0.204. The van der Waals surface area contributed by atoms with E-state index < -0.39 is 0 Å². The van der Waals surface area contributed by atoms with Crippen molar-refractivity contribution in [3.05, 3.63) is 71.1 Å². The Morgan fingerprint density at radius 3 is 2.49 bits per heavy atom. The van der Waals surface area contributed by atoms with Gasteiger partial charge >= 0.3 is 0 Å². The summed E-state index contributed by atoms with van der Waals surface area (Å²) in [5, 5.41) is 31.1. The van der Waals surface area contributed by atoms with Crippen LogP contribution in [0.3, 0.4) is 0 Å². The second kappa shape index (κ2) is 13.3. The van der Waals surface area contributed by atoms with Gasteiger partial charge in [-0.25, -0.2) is 9.50 Å². The average molecular weight is 728 g/mol. The molecule has 14 heteroatoms. The average Bonchev–Trinajstić information content (AvgIpc) is 3.87. The molecule has 5 aromatic heterocycles. The molecule has 10 rings (SSSR count). The fraction of sp³-hybridized carbons (Fsp3) is 0.436. The van der Waals surface area contributed by atoms with Crippen molar-refractivity contribution >= 4 is 40.2 Å². The highest BCUT2D eigenvalue weighted by atomic mass is 32.1. The zero-order chi connectivity index (χ0) is 36.2. The van der Waals surface area contributed by atoms with Gasteiger partial charge in [0.05, 0.1) is 40.1 Å². The van der Waals surface area contributed by atoms with Gasteiger partial charge in [-0.2, -0.15) is 10.4 Å². The van der Waals surface area contributed by atoms with Gasteiger partial charge in [-0.3, -0.25) is 24.8 Å². The molecule has 2 saturated heterocycles. The third-order valence-corrected chi connectivity index (χ3v) is 13.4. The third kappa shape index (κ3) is 6.11. The van der Waals surface area contributed by atoms with E-state index in [4.69, 9.17) is 20.2 Å². The van der Waals surface area contributed by atoms with E-state index in [-0.39, 0.29) is 23.1 Å². The number of anilines is 2. The highest BCUT2D eigenvalue weighted by Gasteiger charge is 2.51. The molecule has 2 bridgehead atoms. The Bertz CT molecular complexity index is 2220. The van der Waals surface area contributed by atoms with E-state index in [2.05, 4.69) is 31.6 Å². The predicted molar refractivity (Wildman–Crippen MR) is 201 cm³/mol. The van der Waals surface area contributed by atoms with E-state index >= 15 is 0 Å². The van der Waals surface area contributed by atoms with Crippen molar-refractivity contribution in [3.8, 4) is 28.0 Å². The summed E-state index contributed by atoms with van der Waals surface area (Å²) in [5.41, 5.74) is 6.24. The number of hydrogen-bond acceptors (Lipinski definition) is 12. The van der Waals surface area contributed by atoms with Gasteiger partial charge in [0, 0.05) is 69.7 Å². The zero-order valence-corrected chi connectivity index (χ0v) is 30.5. The Morgan fingerprint density at radius 2 is 1.77 bits per heavy atom. The first-order valence-electron chi connectivity index (χ1n) is 18.5. The highest BCUT2D eigenvalue weighted by Crippen LogP contribution is 2.58. The number of rotatable bonds is 8. The number of piperidine rings is 1. The maximum absolute atomic E-state index is 12.3. The Labute approximate surface area is 311 Å². The molecule has 1 unspecified atom stereocenters. The lowest BCUT2D eigenvalue weighted by atomic mass is 9.54. The van der Waals surface area contributed by atoms with E-state index in [0.717, 1.165) is 102 Å². The number of pyridine rings is 2. The lowest BCUT2D eigenvalue weighted by Gasteiger charge is -2.54. The number of carbonyl (C=O) groups excluding carboxylic acids is 2. The first-order chi connectivity index (χ1) is 25.8. The SMILES string of the molecule is CNc1cc(-c2ccc3cc(C#N)cnn23)ncc1-c1nnc(C23CCC(CN4CCN(c5ccc(C6CCC(=O)NC6=O)cn5)CC4)(CC2)CC3)s1. The number of nitrogens with zero attached hydrogens (tertiary/aromatic N) is 9. The van der Waals surface area contributed by atoms with Crippen LogP contribution in [0, 0.1) is 16.7 Å². The molecule has 0 aromatic carbocycles. The number of piperazine rings is 1. The number of nitrogens with one attached hydrogen (secondary N) is 2. The molecule has 2 amide bonds. The normalized spacial score (nSPS) is 24.7. The standard InChI is InChI=1S/C39H41N11O2S/c1-41-30-19-31(32-5-3-27-18-25(20-40)21-44-50(27)32)42-23-29(30)36-46-47-37(53-36)39-11-8-38(9-12-39,10-13-39)24-48-14-16-49(17-15-48)33-6-2-26(22-43-33)28-4-7-34(51)45-35(28)52/h2-3,5-6,18-19,21-23,28H,4,7-17,24H2,1H3,(H,41,42)(H,45,51,52). The van der Waals surface area contributed by atoms with Crippen LogP contribution in [0.1, 0.15) is 73.4 Å². The van der Waals surface area contributed by atoms with Crippen LogP contribution in [0.25, 0.3) is 27.5 Å². The minimum Gasteiger partial charge on any atom is -0.387 e. The smallest absolute Gasteiger partial charge is 0.234 e. The molecule has 1 atom stereocenters. The fourth-order valence-electron chi connectivity index (χ4n) is 9.01. The second-order valence-electron chi connectivity index (χ2n) is 15.2. The zero-order valence-electron chi connectivity index (χ0n) is 29.7. The summed E-state index contributed by atoms with van der Waals surface area (Å²) in [6.45, 7) is 5.05. The molecule has 5 aliphatic rings. The van der Waals surface area contributed by atoms with Gasteiger partial charge in [-0.05, 0) is 86.3 Å². The van der Waals surface area contributed by atoms with E-state index in [1.165, 1.54) is 19.3 Å². The van der Waals surface area contributed by atoms with Crippen LogP contribution >= 0.6 is 11.3 Å². The van der Waals surface area contributed by atoms with Crippen LogP contribution < -0.4 is 15.5 Å². The van der Waals surface area contributed by atoms with Crippen molar-refractivity contribution < 1.29 is 9.59 Å². The summed E-state index contributed by atoms with van der Waals surface area (Å²) in [6, 6.07) is 13.9. The van der Waals surface area contributed by atoms with E-state index in [9.17, 15) is 14.9 Å². The van der Waals surface area contributed by atoms with E-state index in [1.54, 1.807) is 17.5 Å². The van der Waals surface area contributed by atoms with Gasteiger partial charge in [0.25, 0.3) is 0 Å². The number of amides is 2. The van der Waals surface area contributed by atoms with Gasteiger partial charge in [0.2, 0.25) is 11.8 Å². The molecule has 53 heavy (non-hydrogen) atoms. The van der Waals surface area contributed by atoms with Crippen LogP contribution in [-0.2, 0) is 15.0 Å². The van der Waals surface area contributed by atoms with Crippen molar-refractivity contribution in [1.29, 1.82) is 5.26 Å². The largest absolute Gasteiger partial charge is 0.387 e. The maximum atomic E-state index is 12.3. The maximum Gasteiger partial charge on any atom is 0.234 e. The Balaban J connectivity index is 0.819. The summed E-state index contributed by atoms with van der Waals surface area (Å²) in [4.78, 5) is 38.4. The number of hydrogen-bond donors (Lipinski definition) is 2. The number of imide groups is 1. The number of carbonyl (C=O) groups is 2. The molecular weight excluding hydrogens is 687 g/mol. The van der Waals surface area contributed by atoms with E-state index in [0.29, 0.717) is 23.8 Å². The van der Waals surface area contributed by atoms with Crippen molar-refractivity contribution in [1.82, 2.24) is 40.0 Å². The van der Waals surface area contributed by atoms with E-state index in [1.807, 2.05) is 60.4 Å². The van der Waals surface area contributed by atoms with Crippen molar-refractivity contribution in [2.75, 3.05) is 50.0 Å². The number of fused-ring (bicyclic) bond motifs is 4. The van der Waals surface area contributed by atoms with Crippen LogP contribution in [0.2, 0.25) is 0 Å². The molecule has 2 N–H and O–H groups in total. The lowest BCUT2D eigenvalue weighted by Crippen LogP contribution is -2.53. The summed E-state index contributed by atoms with van der Waals surface area (Å²) in [7, 11) is 1.91. The molecule has 7 heterocycles. The Morgan fingerprint density at radius 1 is 0.962 bits per heavy atom. The molecule has 13 nitrogen and oxygen atoms in total. The highest BCUT2D eigenvalue weighted by molar-refractivity contribution is 7.14. The molecule has 3 saturated carbocycles. The molecule has 2 aliphatic heterocycles. The molecule has 270 valence electrons. The van der Waals surface area contributed by atoms with Gasteiger partial charge in [-0.15, -0.1) is 10.2 Å². The van der Waals surface area contributed by atoms with Crippen LogP contribution in [-0.4, -0.2) is 86.3 Å². The molecule has 0 spiro atoms. The Hall–Kier alpha value is -5.26. The van der Waals surface area contributed by atoms with Gasteiger partial charge in [0.1, 0.15) is 16.9 Å². The first kappa shape index (κ1) is 33.6. The molecule has 0 radical (unpaired) electrons. The van der Waals surface area contributed by atoms with Crippen LogP contribution in [0.15, 0.2) is 55.0 Å². The molecule has 5 aromatic rings. The van der Waals surface area contributed by atoms with Gasteiger partial charge in [0.15, 0.2) is 5.01 Å². The van der Waals surface area contributed by atoms with Crippen molar-refractivity contribution in [3.63, 3.8) is 0 Å². The third-order valence-electron chi connectivity index (χ3n) is 12.2. The molecule has 3 aliphatic carbocycles. The van der Waals surface area contributed by atoms with Crippen LogP contribution in [0.4, 0.5) is 11.5 Å². The summed E-state index contributed by atoms with van der Waals surface area (Å²) in [5.74, 6) is 0.232. The van der Waals surface area contributed by atoms with Crippen molar-refractivity contribution in [2.45, 2.75) is 62.7 Å². The van der Waals surface area contributed by atoms with Crippen molar-refractivity contribution in [2.24, 2.45) is 5.41 Å². The fourth-order valence-corrected chi connectivity index (χ4v) is 10.1. The summed E-state index contributed by atoms with van der Waals surface area (Å²) >= 11 is 1.72. The molecular formula is C39H41N11O2S. The monoisotopic (exact) mass is 727 g/mol. The number of aromatic nitrogens is 6. The summed E-state index contributed by atoms with van der Waals surface area (Å²) < 4.78 is 1.81. The first-order valence-corrected chi connectivity index (χ1v) is 19.3. The van der Waals surface area contributed by atoms with Gasteiger partial charge < -0.3 is 10.2 Å². The lowest BCUT2D eigenvalue weighted by molar-refractivity contribution is -0.134. The molecule has 5 fully saturated rings. The minimum atomic E-state index is -0.303. The van der Waals surface area contributed by atoms with Crippen LogP contribution in [0.5, 0.6) is 0 Å².